The zero-order valence-electron chi connectivity index (χ0n) is 8.25. The van der Waals surface area contributed by atoms with Crippen molar-refractivity contribution < 1.29 is 5.11 Å². The molecule has 0 unspecified atom stereocenters. The highest BCUT2D eigenvalue weighted by atomic mass is 16.3. The Balaban J connectivity index is 3.03. The highest BCUT2D eigenvalue weighted by molar-refractivity contribution is 5.42. The molecule has 0 aliphatic heterocycles. The molecule has 0 radical (unpaired) electrons. The topological polar surface area (TPSA) is 46.2 Å². The number of nitrogens with two attached hydrogens (primary N) is 1. The van der Waals surface area contributed by atoms with Crippen LogP contribution < -0.4 is 5.73 Å². The van der Waals surface area contributed by atoms with Gasteiger partial charge in [0.1, 0.15) is 5.75 Å². The molecule has 0 heterocycles. The highest BCUT2D eigenvalue weighted by Crippen LogP contribution is 2.28. The van der Waals surface area contributed by atoms with Gasteiger partial charge >= 0.3 is 0 Å². The van der Waals surface area contributed by atoms with Gasteiger partial charge in [-0.3, -0.25) is 0 Å². The number of phenols is 1. The van der Waals surface area contributed by atoms with Gasteiger partial charge in [-0.2, -0.15) is 0 Å². The van der Waals surface area contributed by atoms with E-state index in [2.05, 4.69) is 13.8 Å². The van der Waals surface area contributed by atoms with Crippen LogP contribution in [0, 0.1) is 0 Å². The number of hydrogen-bond acceptors (Lipinski definition) is 2. The van der Waals surface area contributed by atoms with Crippen molar-refractivity contribution in [3.8, 4) is 5.75 Å². The monoisotopic (exact) mass is 179 g/mol. The Morgan fingerprint density at radius 3 is 2.62 bits per heavy atom. The molecule has 13 heavy (non-hydrogen) atoms. The smallest absolute Gasteiger partial charge is 0.122 e. The quantitative estimate of drug-likeness (QED) is 0.745. The highest BCUT2D eigenvalue weighted by Gasteiger charge is 2.08. The molecule has 0 atom stereocenters. The van der Waals surface area contributed by atoms with Crippen molar-refractivity contribution in [1.82, 2.24) is 0 Å². The summed E-state index contributed by atoms with van der Waals surface area (Å²) < 4.78 is 0. The first-order valence-electron chi connectivity index (χ1n) is 4.67. The first kappa shape index (κ1) is 10.1. The lowest BCUT2D eigenvalue weighted by molar-refractivity contribution is 0.458. The molecule has 0 fully saturated rings. The maximum atomic E-state index is 9.83. The van der Waals surface area contributed by atoms with Crippen LogP contribution in [0.2, 0.25) is 0 Å². The predicted octanol–water partition coefficient (Wildman–Crippen LogP) is 2.02. The molecule has 0 saturated heterocycles. The second kappa shape index (κ2) is 4.28. The third kappa shape index (κ3) is 2.22. The van der Waals surface area contributed by atoms with Gasteiger partial charge in [-0.1, -0.05) is 32.0 Å². The van der Waals surface area contributed by atoms with E-state index in [4.69, 9.17) is 5.73 Å². The van der Waals surface area contributed by atoms with Crippen LogP contribution in [0.4, 0.5) is 0 Å². The molecule has 1 rings (SSSR count). The molecule has 3 N–H and O–H groups in total. The molecule has 0 saturated carbocycles. The minimum Gasteiger partial charge on any atom is -0.507 e. The Hall–Kier alpha value is -1.02. The second-order valence-corrected chi connectivity index (χ2v) is 3.55. The molecule has 1 aromatic rings. The lowest BCUT2D eigenvalue weighted by Crippen LogP contribution is -2.03. The molecular formula is C11H17NO. The van der Waals surface area contributed by atoms with Crippen LogP contribution >= 0.6 is 0 Å². The van der Waals surface area contributed by atoms with Crippen molar-refractivity contribution in [3.05, 3.63) is 29.3 Å². The minimum absolute atomic E-state index is 0.359. The van der Waals surface area contributed by atoms with Crippen LogP contribution in [-0.4, -0.2) is 11.7 Å². The average molecular weight is 179 g/mol. The Morgan fingerprint density at radius 1 is 1.38 bits per heavy atom. The fourth-order valence-electron chi connectivity index (χ4n) is 1.43. The number of phenolic OH excluding ortho intramolecular Hbond substituents is 1. The molecule has 72 valence electrons. The van der Waals surface area contributed by atoms with E-state index in [0.717, 1.165) is 17.5 Å². The van der Waals surface area contributed by atoms with Crippen molar-refractivity contribution >= 4 is 0 Å². The van der Waals surface area contributed by atoms with E-state index >= 15 is 0 Å². The van der Waals surface area contributed by atoms with E-state index in [1.807, 2.05) is 18.2 Å². The molecule has 2 nitrogen and oxygen atoms in total. The van der Waals surface area contributed by atoms with E-state index in [-0.39, 0.29) is 0 Å². The van der Waals surface area contributed by atoms with Crippen LogP contribution in [0.5, 0.6) is 5.75 Å². The fourth-order valence-corrected chi connectivity index (χ4v) is 1.43. The summed E-state index contributed by atoms with van der Waals surface area (Å²) in [6.07, 6.45) is 0.742. The van der Waals surface area contributed by atoms with Crippen LogP contribution in [0.3, 0.4) is 0 Å². The second-order valence-electron chi connectivity index (χ2n) is 3.55. The summed E-state index contributed by atoms with van der Waals surface area (Å²) in [5.74, 6) is 0.778. The number of benzene rings is 1. The van der Waals surface area contributed by atoms with Crippen molar-refractivity contribution in [2.24, 2.45) is 5.73 Å². The maximum Gasteiger partial charge on any atom is 0.122 e. The molecule has 0 aliphatic rings. The Morgan fingerprint density at radius 2 is 2.08 bits per heavy atom. The summed E-state index contributed by atoms with van der Waals surface area (Å²) in [4.78, 5) is 0. The van der Waals surface area contributed by atoms with Crippen LogP contribution in [0.15, 0.2) is 18.2 Å². The zero-order chi connectivity index (χ0) is 9.84. The molecule has 0 aromatic heterocycles. The van der Waals surface area contributed by atoms with Gasteiger partial charge < -0.3 is 10.8 Å². The third-order valence-electron chi connectivity index (χ3n) is 2.19. The molecule has 0 aliphatic carbocycles. The first-order valence-corrected chi connectivity index (χ1v) is 4.67. The zero-order valence-corrected chi connectivity index (χ0v) is 8.25. The number of para-hydroxylation sites is 1. The van der Waals surface area contributed by atoms with Crippen LogP contribution in [-0.2, 0) is 6.42 Å². The van der Waals surface area contributed by atoms with E-state index < -0.39 is 0 Å². The first-order chi connectivity index (χ1) is 6.16. The predicted molar refractivity (Wildman–Crippen MR) is 55.0 cm³/mol. The van der Waals surface area contributed by atoms with Crippen molar-refractivity contribution in [3.63, 3.8) is 0 Å². The molecule has 0 amide bonds. The summed E-state index contributed by atoms with van der Waals surface area (Å²) in [7, 11) is 0. The average Bonchev–Trinajstić information content (AvgIpc) is 2.08. The summed E-state index contributed by atoms with van der Waals surface area (Å²) in [6.45, 7) is 4.72. The van der Waals surface area contributed by atoms with Crippen LogP contribution in [0.1, 0.15) is 30.9 Å². The summed E-state index contributed by atoms with van der Waals surface area (Å²) in [6, 6.07) is 5.86. The van der Waals surface area contributed by atoms with Gasteiger partial charge in [0.2, 0.25) is 0 Å². The summed E-state index contributed by atoms with van der Waals surface area (Å²) in [5.41, 5.74) is 7.40. The number of rotatable bonds is 3. The molecule has 2 heteroatoms. The molecule has 0 bridgehead atoms. The van der Waals surface area contributed by atoms with Crippen molar-refractivity contribution in [1.29, 1.82) is 0 Å². The normalized spacial score (nSPS) is 10.8. The van der Waals surface area contributed by atoms with Gasteiger partial charge in [-0.05, 0) is 30.0 Å². The number of aromatic hydroxyl groups is 1. The van der Waals surface area contributed by atoms with E-state index in [9.17, 15) is 5.11 Å². The van der Waals surface area contributed by atoms with Crippen LogP contribution in [0.25, 0.3) is 0 Å². The van der Waals surface area contributed by atoms with Gasteiger partial charge in [0.15, 0.2) is 0 Å². The lowest BCUT2D eigenvalue weighted by atomic mass is 9.98. The molecular weight excluding hydrogens is 162 g/mol. The Kier molecular flexibility index (Phi) is 3.32. The van der Waals surface area contributed by atoms with E-state index in [1.54, 1.807) is 0 Å². The van der Waals surface area contributed by atoms with Gasteiger partial charge in [0, 0.05) is 0 Å². The Labute approximate surface area is 79.4 Å². The summed E-state index contributed by atoms with van der Waals surface area (Å²) >= 11 is 0. The molecule has 1 aromatic carbocycles. The lowest BCUT2D eigenvalue weighted by Gasteiger charge is -2.11. The maximum absolute atomic E-state index is 9.83. The summed E-state index contributed by atoms with van der Waals surface area (Å²) in [5, 5.41) is 9.83. The van der Waals surface area contributed by atoms with E-state index in [1.165, 1.54) is 0 Å². The van der Waals surface area contributed by atoms with E-state index in [0.29, 0.717) is 18.2 Å². The Bertz CT molecular complexity index is 281. The fraction of sp³-hybridized carbons (Fsp3) is 0.455. The largest absolute Gasteiger partial charge is 0.507 e. The minimum atomic E-state index is 0.359. The SMILES string of the molecule is CC(C)c1cccc(CCN)c1O. The standard InChI is InChI=1S/C11H17NO/c1-8(2)10-5-3-4-9(6-7-12)11(10)13/h3-5,8,13H,6-7,12H2,1-2H3. The van der Waals surface area contributed by atoms with Crippen molar-refractivity contribution in [2.75, 3.05) is 6.54 Å². The number of hydrogen-bond donors (Lipinski definition) is 2. The van der Waals surface area contributed by atoms with Gasteiger partial charge in [0.25, 0.3) is 0 Å². The molecule has 0 spiro atoms. The van der Waals surface area contributed by atoms with Gasteiger partial charge in [0.05, 0.1) is 0 Å². The third-order valence-corrected chi connectivity index (χ3v) is 2.19. The van der Waals surface area contributed by atoms with Gasteiger partial charge in [-0.25, -0.2) is 0 Å². The van der Waals surface area contributed by atoms with Crippen molar-refractivity contribution in [2.45, 2.75) is 26.2 Å². The van der Waals surface area contributed by atoms with Gasteiger partial charge in [-0.15, -0.1) is 0 Å².